The van der Waals surface area contributed by atoms with Gasteiger partial charge in [-0.15, -0.1) is 0 Å². The van der Waals surface area contributed by atoms with Crippen molar-refractivity contribution in [2.75, 3.05) is 0 Å². The molecule has 1 fully saturated rings. The fourth-order valence-electron chi connectivity index (χ4n) is 12.3. The number of benzene rings is 2. The molecule has 0 atom stereocenters. The maximum absolute atomic E-state index is 3.79. The molecule has 3 aliphatic rings. The van der Waals surface area contributed by atoms with E-state index in [-0.39, 0.29) is 0 Å². The van der Waals surface area contributed by atoms with E-state index in [1.54, 1.807) is 0 Å². The van der Waals surface area contributed by atoms with Crippen LogP contribution in [0.1, 0.15) is 117 Å². The molecule has 0 saturated heterocycles. The summed E-state index contributed by atoms with van der Waals surface area (Å²) in [4.78, 5) is 29.1. The van der Waals surface area contributed by atoms with Gasteiger partial charge in [0.25, 0.3) is 0 Å². The number of hydrogen-bond acceptors (Lipinski definition) is 0. The standard InChI is InChI=1S/C72H58N10/c1-3-11-47(12-4-1)67(37-49-35-63-43-59-23-21-55(75-59)39-51-17-19-53(73-51)41-57-25-27-61(77-57)45-69(49)79-63)71-15-7-9-33-81(71)65-29-31-66(32-30-65)82-34-10-8-16-72(82)68(48-13-5-2-6-14-48)38-50-36-64-44-60-24-22-56(76-60)40-52-18-20-54(74-52)42-58-26-28-62(78-58)46-70(50)80-64/h1-28,33-46,65-66H,29-32H2,(H6,73,74,75,76,77,78,79,80)/p+2. The van der Waals surface area contributed by atoms with Crippen molar-refractivity contribution in [2.45, 2.75) is 37.8 Å². The third kappa shape index (κ3) is 10.1. The van der Waals surface area contributed by atoms with E-state index in [2.05, 4.69) is 304 Å². The lowest BCUT2D eigenvalue weighted by Crippen LogP contribution is -2.49. The summed E-state index contributed by atoms with van der Waals surface area (Å²) in [7, 11) is 0. The number of hydrogen-bond donors (Lipinski definition) is 8. The van der Waals surface area contributed by atoms with E-state index in [9.17, 15) is 0 Å². The largest absolute Gasteiger partial charge is 0.355 e. The lowest BCUT2D eigenvalue weighted by molar-refractivity contribution is -0.750. The summed E-state index contributed by atoms with van der Waals surface area (Å²) in [5.74, 6) is 0. The van der Waals surface area contributed by atoms with Gasteiger partial charge in [0.1, 0.15) is 0 Å². The van der Waals surface area contributed by atoms with Crippen molar-refractivity contribution in [3.63, 3.8) is 0 Å². The number of H-pyrrole nitrogens is 8. The minimum absolute atomic E-state index is 0.300. The Labute approximate surface area is 472 Å². The van der Waals surface area contributed by atoms with E-state index in [1.807, 2.05) is 0 Å². The van der Waals surface area contributed by atoms with E-state index in [4.69, 9.17) is 0 Å². The van der Waals surface area contributed by atoms with Crippen LogP contribution in [-0.4, -0.2) is 39.9 Å². The third-order valence-corrected chi connectivity index (χ3v) is 16.2. The third-order valence-electron chi connectivity index (χ3n) is 16.2. The molecule has 82 heavy (non-hydrogen) atoms. The van der Waals surface area contributed by atoms with Crippen molar-refractivity contribution in [3.05, 3.63) is 316 Å². The Bertz CT molecular complexity index is 4640. The quantitative estimate of drug-likeness (QED) is 0.0711. The number of aromatic nitrogens is 10. The van der Waals surface area contributed by atoms with Crippen LogP contribution in [0.25, 0.3) is 71.9 Å². The van der Waals surface area contributed by atoms with E-state index in [0.717, 1.165) is 125 Å². The van der Waals surface area contributed by atoms with Gasteiger partial charge < -0.3 is 39.9 Å². The molecular formula is C72H60N10+2. The van der Waals surface area contributed by atoms with Crippen LogP contribution in [0.3, 0.4) is 0 Å². The molecule has 2 aromatic carbocycles. The molecule has 8 N–H and O–H groups in total. The van der Waals surface area contributed by atoms with Gasteiger partial charge in [-0.05, 0) is 169 Å². The van der Waals surface area contributed by atoms with Crippen LogP contribution in [0, 0.1) is 0 Å². The molecular weight excluding hydrogens is 1000 g/mol. The highest BCUT2D eigenvalue weighted by molar-refractivity contribution is 5.90. The van der Waals surface area contributed by atoms with Crippen molar-refractivity contribution in [1.29, 1.82) is 0 Å². The topological polar surface area (TPSA) is 134 Å². The summed E-state index contributed by atoms with van der Waals surface area (Å²) in [6.07, 6.45) is 30.9. The summed E-state index contributed by atoms with van der Waals surface area (Å²) in [5.41, 5.74) is 17.5. The second-order valence-corrected chi connectivity index (χ2v) is 21.9. The van der Waals surface area contributed by atoms with Crippen molar-refractivity contribution in [3.8, 4) is 0 Å². The highest BCUT2D eigenvalue weighted by atomic mass is 15.0. The van der Waals surface area contributed by atoms with Crippen LogP contribution in [0.4, 0.5) is 0 Å². The van der Waals surface area contributed by atoms with Gasteiger partial charge in [0, 0.05) is 149 Å². The van der Waals surface area contributed by atoms with Gasteiger partial charge in [-0.3, -0.25) is 0 Å². The molecule has 0 radical (unpaired) electrons. The number of nitrogens with zero attached hydrogens (tertiary/aromatic N) is 2. The van der Waals surface area contributed by atoms with Gasteiger partial charge in [-0.2, -0.15) is 9.13 Å². The number of aromatic amines is 8. The molecule has 10 aromatic heterocycles. The fourth-order valence-corrected chi connectivity index (χ4v) is 12.3. The Morgan fingerprint density at radius 3 is 0.976 bits per heavy atom. The molecule has 12 aromatic rings. The van der Waals surface area contributed by atoms with Gasteiger partial charge in [0.2, 0.25) is 11.4 Å². The zero-order valence-corrected chi connectivity index (χ0v) is 45.1. The summed E-state index contributed by atoms with van der Waals surface area (Å²) < 4.78 is 5.11. The van der Waals surface area contributed by atoms with Crippen LogP contribution in [-0.2, 0) is 0 Å². The van der Waals surface area contributed by atoms with Crippen LogP contribution < -0.4 is 51.9 Å². The van der Waals surface area contributed by atoms with Crippen LogP contribution in [0.15, 0.2) is 194 Å². The minimum Gasteiger partial charge on any atom is -0.355 e. The lowest BCUT2D eigenvalue weighted by Gasteiger charge is -2.25. The Balaban J connectivity index is 0.781. The van der Waals surface area contributed by atoms with Crippen molar-refractivity contribution in [2.24, 2.45) is 0 Å². The Hall–Kier alpha value is -10.6. The van der Waals surface area contributed by atoms with Crippen LogP contribution in [0.5, 0.6) is 0 Å². The number of rotatable bonds is 8. The zero-order valence-electron chi connectivity index (χ0n) is 45.1. The molecule has 12 heterocycles. The first-order chi connectivity index (χ1) is 40.5. The van der Waals surface area contributed by atoms with Crippen LogP contribution >= 0.6 is 0 Å². The van der Waals surface area contributed by atoms with E-state index in [1.165, 1.54) is 33.7 Å². The predicted molar refractivity (Wildman–Crippen MR) is 329 cm³/mol. The molecule has 16 bridgehead atoms. The molecule has 0 spiro atoms. The molecule has 15 rings (SSSR count). The maximum atomic E-state index is 3.79. The average molecular weight is 1070 g/mol. The number of fused-ring (bicyclic) bond motifs is 16. The summed E-state index contributed by atoms with van der Waals surface area (Å²) >= 11 is 0. The predicted octanol–water partition coefficient (Wildman–Crippen LogP) is 7.68. The first-order valence-corrected chi connectivity index (χ1v) is 28.4. The summed E-state index contributed by atoms with van der Waals surface area (Å²) in [6.45, 7) is 0. The Kier molecular flexibility index (Phi) is 12.4. The molecule has 0 unspecified atom stereocenters. The second-order valence-electron chi connectivity index (χ2n) is 21.9. The van der Waals surface area contributed by atoms with Gasteiger partial charge >= 0.3 is 0 Å². The summed E-state index contributed by atoms with van der Waals surface area (Å²) in [5, 5.41) is 8.24. The average Bonchev–Trinajstić information content (AvgIpc) is 4.51. The van der Waals surface area contributed by atoms with Gasteiger partial charge in [-0.25, -0.2) is 0 Å². The van der Waals surface area contributed by atoms with Crippen LogP contribution in [0.2, 0.25) is 0 Å². The van der Waals surface area contributed by atoms with Gasteiger partial charge in [-0.1, -0.05) is 60.7 Å². The lowest BCUT2D eigenvalue weighted by atomic mass is 9.88. The van der Waals surface area contributed by atoms with Crippen molar-refractivity contribution >= 4 is 71.9 Å². The zero-order chi connectivity index (χ0) is 54.3. The highest BCUT2D eigenvalue weighted by Gasteiger charge is 2.36. The van der Waals surface area contributed by atoms with E-state index in [0.29, 0.717) is 12.1 Å². The molecule has 10 nitrogen and oxygen atoms in total. The normalized spacial score (nSPS) is 15.8. The highest BCUT2D eigenvalue weighted by Crippen LogP contribution is 2.34. The SMILES string of the molecule is C1=c2ccc([nH]2)=Cc2ccc([nH]2)C=c2[nH]c(cc2/C=C(\c2ccccc2)c2cccc[n+]2C2CCC([n+]3ccccc3/C(=C/c3cc4[nH]c3=Cc3ccc([nH]3)C=c3ccc([nH]3)=Cc3ccc([nH]3)C=4)c3ccccc3)CC2)=Cc2ccc1[nH]2. The molecule has 1 saturated carbocycles. The minimum atomic E-state index is 0.300. The Morgan fingerprint density at radius 1 is 0.305 bits per heavy atom. The van der Waals surface area contributed by atoms with E-state index >= 15 is 0 Å². The monoisotopic (exact) mass is 1060 g/mol. The fraction of sp³-hybridized carbons (Fsp3) is 0.0833. The molecule has 1 aliphatic carbocycles. The van der Waals surface area contributed by atoms with Gasteiger partial charge in [0.05, 0.1) is 11.1 Å². The number of pyridine rings is 2. The second kappa shape index (κ2) is 20.9. The van der Waals surface area contributed by atoms with Crippen molar-refractivity contribution < 1.29 is 9.13 Å². The molecule has 396 valence electrons. The molecule has 10 heteroatoms. The first kappa shape index (κ1) is 48.5. The molecule has 0 amide bonds. The van der Waals surface area contributed by atoms with Crippen molar-refractivity contribution in [1.82, 2.24) is 39.9 Å². The Morgan fingerprint density at radius 2 is 0.622 bits per heavy atom. The maximum Gasteiger partial charge on any atom is 0.213 e. The van der Waals surface area contributed by atoms with Gasteiger partial charge in [0.15, 0.2) is 24.5 Å². The summed E-state index contributed by atoms with van der Waals surface area (Å²) in [6, 6.07) is 65.8. The first-order valence-electron chi connectivity index (χ1n) is 28.4. The molecule has 2 aliphatic heterocycles. The number of nitrogens with one attached hydrogen (secondary N) is 8. The van der Waals surface area contributed by atoms with E-state index < -0.39 is 0 Å². The smallest absolute Gasteiger partial charge is 0.213 e.